The van der Waals surface area contributed by atoms with Crippen molar-refractivity contribution < 1.29 is 80.2 Å². The van der Waals surface area contributed by atoms with Gasteiger partial charge in [0.25, 0.3) is 0 Å². The third kappa shape index (κ3) is 78.5. The number of rotatable bonds is 84. The maximum atomic E-state index is 13.1. The molecule has 624 valence electrons. The second-order valence-electron chi connectivity index (χ2n) is 32.1. The summed E-state index contributed by atoms with van der Waals surface area (Å²) < 4.78 is 68.9. The fraction of sp³-hybridized carbons (Fsp3) is 0.953. The molecule has 0 aromatic heterocycles. The highest BCUT2D eigenvalue weighted by Crippen LogP contribution is 2.45. The lowest BCUT2D eigenvalue weighted by atomic mass is 10.00. The maximum absolute atomic E-state index is 13.1. The zero-order chi connectivity index (χ0) is 77.2. The predicted molar refractivity (Wildman–Crippen MR) is 432 cm³/mol. The Morgan fingerprint density at radius 1 is 0.276 bits per heavy atom. The van der Waals surface area contributed by atoms with Gasteiger partial charge >= 0.3 is 39.5 Å². The molecule has 0 saturated heterocycles. The van der Waals surface area contributed by atoms with E-state index < -0.39 is 97.5 Å². The number of ether oxygens (including phenoxy) is 4. The first-order valence-electron chi connectivity index (χ1n) is 44.4. The third-order valence-corrected chi connectivity index (χ3v) is 22.4. The molecule has 17 nitrogen and oxygen atoms in total. The van der Waals surface area contributed by atoms with Crippen molar-refractivity contribution in [3.05, 3.63) is 0 Å². The molecule has 0 aromatic rings. The summed E-state index contributed by atoms with van der Waals surface area (Å²) in [5, 5.41) is 10.7. The Morgan fingerprint density at radius 3 is 0.724 bits per heavy atom. The average molecular weight is 1540 g/mol. The number of phosphoric acid groups is 2. The molecule has 0 heterocycles. The van der Waals surface area contributed by atoms with Crippen molar-refractivity contribution >= 4 is 39.5 Å². The van der Waals surface area contributed by atoms with E-state index in [1.165, 1.54) is 257 Å². The van der Waals surface area contributed by atoms with Gasteiger partial charge in [-0.05, 0) is 43.4 Å². The minimum Gasteiger partial charge on any atom is -0.462 e. The molecule has 3 N–H and O–H groups in total. The summed E-state index contributed by atoms with van der Waals surface area (Å²) in [6.45, 7) is 12.0. The molecule has 0 aliphatic rings. The summed E-state index contributed by atoms with van der Waals surface area (Å²) in [5.41, 5.74) is 0. The van der Waals surface area contributed by atoms with Crippen LogP contribution in [0.4, 0.5) is 0 Å². The molecule has 0 aliphatic carbocycles. The summed E-state index contributed by atoms with van der Waals surface area (Å²) in [5.74, 6) is 0.206. The number of phosphoric ester groups is 2. The van der Waals surface area contributed by atoms with Crippen LogP contribution in [0.25, 0.3) is 0 Å². The van der Waals surface area contributed by atoms with E-state index in [-0.39, 0.29) is 25.7 Å². The van der Waals surface area contributed by atoms with Crippen LogP contribution in [-0.4, -0.2) is 96.7 Å². The van der Waals surface area contributed by atoms with Crippen LogP contribution in [-0.2, 0) is 65.4 Å². The minimum absolute atomic E-state index is 0.106. The van der Waals surface area contributed by atoms with E-state index in [0.29, 0.717) is 25.7 Å². The Labute approximate surface area is 645 Å². The maximum Gasteiger partial charge on any atom is 0.472 e. The van der Waals surface area contributed by atoms with Crippen LogP contribution < -0.4 is 0 Å². The van der Waals surface area contributed by atoms with Gasteiger partial charge in [0.15, 0.2) is 12.2 Å². The fourth-order valence-corrected chi connectivity index (χ4v) is 14.9. The average Bonchev–Trinajstić information content (AvgIpc) is 0.917. The smallest absolute Gasteiger partial charge is 0.462 e. The molecular formula is C86H168O17P2. The zero-order valence-corrected chi connectivity index (χ0v) is 71.0. The summed E-state index contributed by atoms with van der Waals surface area (Å²) in [6, 6.07) is 0. The van der Waals surface area contributed by atoms with Crippen molar-refractivity contribution in [1.82, 2.24) is 0 Å². The number of hydrogen-bond acceptors (Lipinski definition) is 15. The van der Waals surface area contributed by atoms with Crippen molar-refractivity contribution in [2.24, 2.45) is 17.8 Å². The molecule has 0 amide bonds. The van der Waals surface area contributed by atoms with E-state index in [9.17, 15) is 43.2 Å². The summed E-state index contributed by atoms with van der Waals surface area (Å²) in [4.78, 5) is 73.2. The molecule has 3 unspecified atom stereocenters. The van der Waals surface area contributed by atoms with Gasteiger partial charge in [-0.3, -0.25) is 37.3 Å². The number of unbranched alkanes of at least 4 members (excludes halogenated alkanes) is 51. The second-order valence-corrected chi connectivity index (χ2v) is 35.0. The van der Waals surface area contributed by atoms with Gasteiger partial charge < -0.3 is 33.8 Å². The van der Waals surface area contributed by atoms with Crippen LogP contribution in [0, 0.1) is 17.8 Å². The monoisotopic (exact) mass is 1540 g/mol. The molecule has 0 fully saturated rings. The first-order valence-corrected chi connectivity index (χ1v) is 47.4. The van der Waals surface area contributed by atoms with Crippen LogP contribution in [0.3, 0.4) is 0 Å². The van der Waals surface area contributed by atoms with Crippen LogP contribution in [0.5, 0.6) is 0 Å². The van der Waals surface area contributed by atoms with Gasteiger partial charge in [0, 0.05) is 25.7 Å². The second kappa shape index (κ2) is 76.1. The van der Waals surface area contributed by atoms with Crippen LogP contribution >= 0.6 is 15.6 Å². The van der Waals surface area contributed by atoms with E-state index in [1.54, 1.807) is 0 Å². The van der Waals surface area contributed by atoms with Gasteiger partial charge in [-0.15, -0.1) is 0 Å². The van der Waals surface area contributed by atoms with Crippen LogP contribution in [0.15, 0.2) is 0 Å². The highest BCUT2D eigenvalue weighted by Gasteiger charge is 2.30. The highest BCUT2D eigenvalue weighted by molar-refractivity contribution is 7.47. The molecule has 0 saturated carbocycles. The molecule has 0 rings (SSSR count). The Balaban J connectivity index is 5.22. The van der Waals surface area contributed by atoms with Crippen molar-refractivity contribution in [3.63, 3.8) is 0 Å². The van der Waals surface area contributed by atoms with Gasteiger partial charge in [-0.2, -0.15) is 0 Å². The summed E-state index contributed by atoms with van der Waals surface area (Å²) >= 11 is 0. The largest absolute Gasteiger partial charge is 0.472 e. The number of esters is 4. The van der Waals surface area contributed by atoms with Gasteiger partial charge in [-0.1, -0.05) is 402 Å². The van der Waals surface area contributed by atoms with Crippen molar-refractivity contribution in [2.75, 3.05) is 39.6 Å². The van der Waals surface area contributed by atoms with E-state index in [4.69, 9.17) is 37.0 Å². The topological polar surface area (TPSA) is 237 Å². The number of hydrogen-bond donors (Lipinski definition) is 3. The molecule has 0 aromatic carbocycles. The van der Waals surface area contributed by atoms with E-state index in [2.05, 4.69) is 48.5 Å². The van der Waals surface area contributed by atoms with Gasteiger partial charge in [0.05, 0.1) is 26.4 Å². The summed E-state index contributed by atoms with van der Waals surface area (Å²) in [7, 11) is -9.93. The lowest BCUT2D eigenvalue weighted by Crippen LogP contribution is -2.30. The lowest BCUT2D eigenvalue weighted by molar-refractivity contribution is -0.161. The molecule has 6 atom stereocenters. The molecule has 19 heteroatoms. The first kappa shape index (κ1) is 103. The Bertz CT molecular complexity index is 2030. The quantitative estimate of drug-likeness (QED) is 0.0222. The number of carbonyl (C=O) groups is 4. The highest BCUT2D eigenvalue weighted by atomic mass is 31.2. The van der Waals surface area contributed by atoms with Gasteiger partial charge in [0.2, 0.25) is 0 Å². The first-order chi connectivity index (χ1) is 50.8. The van der Waals surface area contributed by atoms with Gasteiger partial charge in [-0.25, -0.2) is 9.13 Å². The van der Waals surface area contributed by atoms with Crippen LogP contribution in [0.1, 0.15) is 453 Å². The number of aliphatic hydroxyl groups excluding tert-OH is 1. The SMILES string of the molecule is CCCCCCCCCCCCCCCCCCCCCCCCC(=O)O[C@H](COC(=O)CCCCCCCCCCCCCCCCCC(C)C)COP(=O)(O)OC[C@@H](O)COP(=O)(O)OC[C@@H](COC(=O)CCCCCCCCC(C)CC)OC(=O)CCCCCCCCCCCCCCC(C)C. The molecule has 0 aliphatic heterocycles. The number of carbonyl (C=O) groups excluding carboxylic acids is 4. The minimum atomic E-state index is -4.97. The Morgan fingerprint density at radius 2 is 0.486 bits per heavy atom. The summed E-state index contributed by atoms with van der Waals surface area (Å²) in [6.07, 6.45) is 66.8. The predicted octanol–water partition coefficient (Wildman–Crippen LogP) is 26.1. The third-order valence-electron chi connectivity index (χ3n) is 20.5. The molecular weight excluding hydrogens is 1370 g/mol. The van der Waals surface area contributed by atoms with E-state index in [0.717, 1.165) is 114 Å². The van der Waals surface area contributed by atoms with Crippen molar-refractivity contribution in [2.45, 2.75) is 471 Å². The van der Waals surface area contributed by atoms with E-state index in [1.807, 2.05) is 0 Å². The van der Waals surface area contributed by atoms with Gasteiger partial charge in [0.1, 0.15) is 19.3 Å². The molecule has 0 bridgehead atoms. The lowest BCUT2D eigenvalue weighted by Gasteiger charge is -2.21. The van der Waals surface area contributed by atoms with Crippen LogP contribution in [0.2, 0.25) is 0 Å². The molecule has 0 spiro atoms. The molecule has 105 heavy (non-hydrogen) atoms. The number of aliphatic hydroxyl groups is 1. The van der Waals surface area contributed by atoms with Crippen molar-refractivity contribution in [1.29, 1.82) is 0 Å². The standard InChI is InChI=1S/C86H168O17P2/c1-8-10-11-12-13-14-15-16-17-18-19-20-21-22-23-26-30-36-41-46-55-62-69-85(90)102-81(73-96-83(88)67-60-53-45-40-35-29-27-24-25-28-33-38-43-50-57-64-77(3)4)75-100-104(92,93)98-71-80(87)72-99-105(94,95)101-76-82(74-97-84(89)68-61-54-49-48-52-59-66-79(7)9-2)103-86(91)70-63-56-47-42-37-32-31-34-39-44-51-58-65-78(5)6/h77-82,87H,8-76H2,1-7H3,(H,92,93)(H,94,95)/t79?,80-,81-,82-/m1/s1. The zero-order valence-electron chi connectivity index (χ0n) is 69.2. The fourth-order valence-electron chi connectivity index (χ4n) is 13.3. The Kier molecular flexibility index (Phi) is 74.7. The van der Waals surface area contributed by atoms with E-state index >= 15 is 0 Å². The van der Waals surface area contributed by atoms with Crippen molar-refractivity contribution in [3.8, 4) is 0 Å². The molecule has 0 radical (unpaired) electrons. The normalized spacial score (nSPS) is 14.1. The Hall–Kier alpha value is -1.94.